The molecule has 142 valence electrons. The molecular formula is C23H34N2O. The molecule has 0 N–H and O–H groups in total. The van der Waals surface area contributed by atoms with E-state index in [2.05, 4.69) is 25.1 Å². The molecule has 1 fully saturated rings. The molecule has 1 atom stereocenters. The van der Waals surface area contributed by atoms with Crippen molar-refractivity contribution in [3.05, 3.63) is 35.4 Å². The van der Waals surface area contributed by atoms with E-state index in [9.17, 15) is 4.79 Å². The molecule has 1 aliphatic heterocycles. The Morgan fingerprint density at radius 2 is 1.65 bits per heavy atom. The lowest BCUT2D eigenvalue weighted by atomic mass is 10.0. The van der Waals surface area contributed by atoms with E-state index in [0.29, 0.717) is 12.1 Å². The average Bonchev–Trinajstić information content (AvgIpc) is 3.15. The Labute approximate surface area is 159 Å². The first-order valence-electron chi connectivity index (χ1n) is 10.6. The molecule has 1 aromatic carbocycles. The standard InChI is InChI=1S/C23H34N2O/c1-2-3-4-5-6-7-8-9-10-12-20-14-16-21(17-15-20)23(26)25-18-11-13-22(25)19-24/h14-17,22H,2-13,18H2,1H3. The number of hydrogen-bond donors (Lipinski definition) is 0. The van der Waals surface area contributed by atoms with Crippen molar-refractivity contribution in [2.75, 3.05) is 6.54 Å². The van der Waals surface area contributed by atoms with Gasteiger partial charge in [0.15, 0.2) is 0 Å². The summed E-state index contributed by atoms with van der Waals surface area (Å²) in [6.07, 6.45) is 14.9. The number of benzene rings is 1. The van der Waals surface area contributed by atoms with Crippen molar-refractivity contribution < 1.29 is 4.79 Å². The number of amides is 1. The van der Waals surface area contributed by atoms with E-state index in [1.54, 1.807) is 4.90 Å². The normalized spacial score (nSPS) is 16.6. The lowest BCUT2D eigenvalue weighted by Gasteiger charge is -2.19. The molecule has 1 aromatic rings. The number of nitrogens with zero attached hydrogens (tertiary/aromatic N) is 2. The maximum absolute atomic E-state index is 12.5. The number of likely N-dealkylation sites (tertiary alicyclic amines) is 1. The number of carbonyl (C=O) groups excluding carboxylic acids is 1. The van der Waals surface area contributed by atoms with Gasteiger partial charge in [-0.1, -0.05) is 70.4 Å². The SMILES string of the molecule is CCCCCCCCCCCc1ccc(C(=O)N2CCCC2C#N)cc1. The van der Waals surface area contributed by atoms with Gasteiger partial charge in [-0.25, -0.2) is 0 Å². The number of hydrogen-bond acceptors (Lipinski definition) is 2. The van der Waals surface area contributed by atoms with Crippen molar-refractivity contribution in [2.45, 2.75) is 90.0 Å². The Hall–Kier alpha value is -1.82. The first kappa shape index (κ1) is 20.5. The lowest BCUT2D eigenvalue weighted by Crippen LogP contribution is -2.34. The molecular weight excluding hydrogens is 320 g/mol. The van der Waals surface area contributed by atoms with Gasteiger partial charge in [-0.15, -0.1) is 0 Å². The summed E-state index contributed by atoms with van der Waals surface area (Å²) < 4.78 is 0. The molecule has 1 aliphatic rings. The molecule has 3 heteroatoms. The molecule has 0 radical (unpaired) electrons. The maximum Gasteiger partial charge on any atom is 0.254 e. The highest BCUT2D eigenvalue weighted by Crippen LogP contribution is 2.20. The molecule has 1 heterocycles. The fourth-order valence-electron chi connectivity index (χ4n) is 3.76. The molecule has 2 rings (SSSR count). The lowest BCUT2D eigenvalue weighted by molar-refractivity contribution is 0.0765. The predicted octanol–water partition coefficient (Wildman–Crippen LogP) is 5.89. The van der Waals surface area contributed by atoms with Gasteiger partial charge < -0.3 is 4.90 Å². The summed E-state index contributed by atoms with van der Waals surface area (Å²) >= 11 is 0. The second-order valence-corrected chi connectivity index (χ2v) is 7.56. The van der Waals surface area contributed by atoms with E-state index in [1.807, 2.05) is 12.1 Å². The van der Waals surface area contributed by atoms with E-state index in [4.69, 9.17) is 5.26 Å². The minimum absolute atomic E-state index is 0.00340. The van der Waals surface area contributed by atoms with Crippen molar-refractivity contribution in [1.29, 1.82) is 5.26 Å². The van der Waals surface area contributed by atoms with E-state index in [-0.39, 0.29) is 11.9 Å². The van der Waals surface area contributed by atoms with Crippen LogP contribution in [0, 0.1) is 11.3 Å². The highest BCUT2D eigenvalue weighted by molar-refractivity contribution is 5.94. The van der Waals surface area contributed by atoms with E-state index >= 15 is 0 Å². The number of aryl methyl sites for hydroxylation is 1. The summed E-state index contributed by atoms with van der Waals surface area (Å²) in [5, 5.41) is 9.14. The first-order chi connectivity index (χ1) is 12.8. The van der Waals surface area contributed by atoms with Gasteiger partial charge in [0.05, 0.1) is 6.07 Å². The minimum Gasteiger partial charge on any atom is -0.323 e. The summed E-state index contributed by atoms with van der Waals surface area (Å²) in [7, 11) is 0. The topological polar surface area (TPSA) is 44.1 Å². The van der Waals surface area contributed by atoms with Crippen molar-refractivity contribution in [3.63, 3.8) is 0 Å². The highest BCUT2D eigenvalue weighted by atomic mass is 16.2. The zero-order chi connectivity index (χ0) is 18.6. The van der Waals surface area contributed by atoms with Gasteiger partial charge in [0.25, 0.3) is 5.91 Å². The van der Waals surface area contributed by atoms with Crippen LogP contribution in [-0.2, 0) is 6.42 Å². The molecule has 0 spiro atoms. The van der Waals surface area contributed by atoms with Gasteiger partial charge in [0.2, 0.25) is 0 Å². The minimum atomic E-state index is -0.246. The quantitative estimate of drug-likeness (QED) is 0.465. The van der Waals surface area contributed by atoms with Gasteiger partial charge >= 0.3 is 0 Å². The van der Waals surface area contributed by atoms with E-state index in [1.165, 1.54) is 63.4 Å². The number of carbonyl (C=O) groups is 1. The van der Waals surface area contributed by atoms with Crippen LogP contribution in [0.15, 0.2) is 24.3 Å². The molecule has 0 aliphatic carbocycles. The molecule has 1 amide bonds. The van der Waals surface area contributed by atoms with Crippen LogP contribution >= 0.6 is 0 Å². The van der Waals surface area contributed by atoms with Crippen molar-refractivity contribution in [1.82, 2.24) is 4.90 Å². The number of nitriles is 1. The van der Waals surface area contributed by atoms with Crippen LogP contribution in [0.1, 0.15) is 93.5 Å². The van der Waals surface area contributed by atoms with Gasteiger partial charge in [0.1, 0.15) is 6.04 Å². The summed E-state index contributed by atoms with van der Waals surface area (Å²) in [6, 6.07) is 10.0. The van der Waals surface area contributed by atoms with Crippen molar-refractivity contribution >= 4 is 5.91 Å². The summed E-state index contributed by atoms with van der Waals surface area (Å²) in [4.78, 5) is 14.2. The third kappa shape index (κ3) is 6.48. The third-order valence-electron chi connectivity index (χ3n) is 5.43. The van der Waals surface area contributed by atoms with Crippen molar-refractivity contribution in [2.24, 2.45) is 0 Å². The Morgan fingerprint density at radius 1 is 1.04 bits per heavy atom. The fraction of sp³-hybridized carbons (Fsp3) is 0.652. The van der Waals surface area contributed by atoms with Crippen LogP contribution in [0.25, 0.3) is 0 Å². The molecule has 1 saturated heterocycles. The summed E-state index contributed by atoms with van der Waals surface area (Å²) in [5.41, 5.74) is 2.02. The van der Waals surface area contributed by atoms with E-state index < -0.39 is 0 Å². The largest absolute Gasteiger partial charge is 0.323 e. The molecule has 26 heavy (non-hydrogen) atoms. The Morgan fingerprint density at radius 3 is 2.27 bits per heavy atom. The average molecular weight is 355 g/mol. The zero-order valence-corrected chi connectivity index (χ0v) is 16.4. The molecule has 0 bridgehead atoms. The Balaban J connectivity index is 1.65. The third-order valence-corrected chi connectivity index (χ3v) is 5.43. The number of rotatable bonds is 11. The number of unbranched alkanes of at least 4 members (excludes halogenated alkanes) is 8. The van der Waals surface area contributed by atoms with E-state index in [0.717, 1.165) is 19.3 Å². The van der Waals surface area contributed by atoms with Crippen LogP contribution in [0.4, 0.5) is 0 Å². The molecule has 0 saturated carbocycles. The predicted molar refractivity (Wildman–Crippen MR) is 107 cm³/mol. The molecule has 3 nitrogen and oxygen atoms in total. The van der Waals surface area contributed by atoms with Gasteiger partial charge in [-0.2, -0.15) is 5.26 Å². The monoisotopic (exact) mass is 354 g/mol. The second kappa shape index (κ2) is 11.7. The maximum atomic E-state index is 12.5. The Kier molecular flexibility index (Phi) is 9.24. The van der Waals surface area contributed by atoms with Gasteiger partial charge in [-0.3, -0.25) is 4.79 Å². The summed E-state index contributed by atoms with van der Waals surface area (Å²) in [6.45, 7) is 2.97. The summed E-state index contributed by atoms with van der Waals surface area (Å²) in [5.74, 6) is 0.00340. The first-order valence-corrected chi connectivity index (χ1v) is 10.6. The zero-order valence-electron chi connectivity index (χ0n) is 16.4. The second-order valence-electron chi connectivity index (χ2n) is 7.56. The fourth-order valence-corrected chi connectivity index (χ4v) is 3.76. The van der Waals surface area contributed by atoms with Crippen LogP contribution < -0.4 is 0 Å². The molecule has 1 unspecified atom stereocenters. The van der Waals surface area contributed by atoms with Crippen molar-refractivity contribution in [3.8, 4) is 6.07 Å². The highest BCUT2D eigenvalue weighted by Gasteiger charge is 2.29. The Bertz CT molecular complexity index is 573. The van der Waals surface area contributed by atoms with Crippen LogP contribution in [-0.4, -0.2) is 23.4 Å². The van der Waals surface area contributed by atoms with Gasteiger partial charge in [0, 0.05) is 12.1 Å². The van der Waals surface area contributed by atoms with Crippen LogP contribution in [0.3, 0.4) is 0 Å². The molecule has 0 aromatic heterocycles. The smallest absolute Gasteiger partial charge is 0.254 e. The van der Waals surface area contributed by atoms with Crippen LogP contribution in [0.2, 0.25) is 0 Å². The van der Waals surface area contributed by atoms with Gasteiger partial charge in [-0.05, 0) is 43.4 Å². The van der Waals surface area contributed by atoms with Crippen LogP contribution in [0.5, 0.6) is 0 Å².